The molecule has 10 nitrogen and oxygen atoms in total. The second-order valence-corrected chi connectivity index (χ2v) is 22.3. The predicted molar refractivity (Wildman–Crippen MR) is 329 cm³/mol. The molecule has 17 rings (SSSR count). The number of imidazole rings is 4. The molecule has 1 aliphatic heterocycles. The Bertz CT molecular complexity index is 5050. The molecule has 0 atom stereocenters. The van der Waals surface area contributed by atoms with Gasteiger partial charge in [-0.3, -0.25) is 17.9 Å². The highest BCUT2D eigenvalue weighted by Crippen LogP contribution is 2.40. The standard InChI is InChI=1S/C31H19N3O.C19H12BrN3.C18H19BO3/c1-2-9-21(10-3-1)33-26-14-5-6-15-27(26)34-28-19-20(17-18-25(28)32-31(33)34)22-12-8-13-24-23-11-4-7-16-29(23)35-30(22)24;20-13-10-11-15-18(12-13)23-17-9-5-4-8-16(17)22(19(23)21-15)14-6-2-1-3-7-14;1-17(2)18(3,4)22-19(21-17)14-10-7-9-13-12-8-5-6-11-15(12)20-16(13)14/h1-19H;1-12H;5-11H,1-4H3. The predicted octanol–water partition coefficient (Wildman–Crippen LogP) is 17.1. The van der Waals surface area contributed by atoms with E-state index in [1.165, 1.54) is 0 Å². The molecule has 1 aliphatic rings. The molecule has 10 aromatic carbocycles. The van der Waals surface area contributed by atoms with E-state index in [9.17, 15) is 0 Å². The van der Waals surface area contributed by atoms with E-state index < -0.39 is 7.12 Å². The summed E-state index contributed by atoms with van der Waals surface area (Å²) in [6, 6.07) is 79.2. The van der Waals surface area contributed by atoms with E-state index in [1.807, 2.05) is 60.7 Å². The first-order valence-corrected chi connectivity index (χ1v) is 27.6. The molecule has 0 radical (unpaired) electrons. The van der Waals surface area contributed by atoms with Gasteiger partial charge in [0, 0.05) is 48.4 Å². The molecular weight excluding hydrogens is 1060 g/mol. The van der Waals surface area contributed by atoms with Gasteiger partial charge in [0.05, 0.1) is 55.3 Å². The highest BCUT2D eigenvalue weighted by atomic mass is 79.9. The fourth-order valence-corrected chi connectivity index (χ4v) is 11.9. The molecule has 386 valence electrons. The smallest absolute Gasteiger partial charge is 0.456 e. The third kappa shape index (κ3) is 7.62. The summed E-state index contributed by atoms with van der Waals surface area (Å²) in [6.45, 7) is 8.25. The van der Waals surface area contributed by atoms with Crippen LogP contribution in [0.4, 0.5) is 0 Å². The molecule has 0 aliphatic carbocycles. The lowest BCUT2D eigenvalue weighted by atomic mass is 9.78. The maximum absolute atomic E-state index is 6.32. The van der Waals surface area contributed by atoms with Gasteiger partial charge < -0.3 is 18.1 Å². The van der Waals surface area contributed by atoms with E-state index >= 15 is 0 Å². The van der Waals surface area contributed by atoms with Crippen LogP contribution < -0.4 is 5.46 Å². The van der Waals surface area contributed by atoms with Gasteiger partial charge in [-0.25, -0.2) is 9.97 Å². The minimum Gasteiger partial charge on any atom is -0.456 e. The number of rotatable bonds is 4. The maximum atomic E-state index is 6.32. The first-order chi connectivity index (χ1) is 39.1. The third-order valence-corrected chi connectivity index (χ3v) is 16.5. The van der Waals surface area contributed by atoms with Crippen LogP contribution in [0.5, 0.6) is 0 Å². The number of nitrogens with zero attached hydrogens (tertiary/aromatic N) is 6. The highest BCUT2D eigenvalue weighted by Gasteiger charge is 2.52. The van der Waals surface area contributed by atoms with Crippen LogP contribution >= 0.6 is 15.9 Å². The van der Waals surface area contributed by atoms with Crippen molar-refractivity contribution in [2.45, 2.75) is 38.9 Å². The van der Waals surface area contributed by atoms with Gasteiger partial charge in [0.1, 0.15) is 22.3 Å². The fraction of sp³-hybridized carbons (Fsp3) is 0.0882. The SMILES string of the molecule is Brc1ccc2nc3n(-c4ccccc4)c4ccccc4n3c2c1.CC1(C)OB(c2cccc3c2oc2ccccc23)OC1(C)C.c1ccc(-n2c3ccccc3n3c4cc(-c5cccc6c5oc5ccccc56)ccc4nc23)cc1. The molecule has 0 saturated carbocycles. The van der Waals surface area contributed by atoms with Crippen molar-refractivity contribution in [1.29, 1.82) is 0 Å². The van der Waals surface area contributed by atoms with E-state index in [-0.39, 0.29) is 11.2 Å². The second kappa shape index (κ2) is 18.5. The Labute approximate surface area is 467 Å². The summed E-state index contributed by atoms with van der Waals surface area (Å²) in [5.41, 5.74) is 17.0. The van der Waals surface area contributed by atoms with Crippen LogP contribution in [0, 0.1) is 0 Å². The Morgan fingerprint density at radius 2 is 0.850 bits per heavy atom. The van der Waals surface area contributed by atoms with Crippen molar-refractivity contribution in [3.05, 3.63) is 235 Å². The van der Waals surface area contributed by atoms with Crippen molar-refractivity contribution in [3.63, 3.8) is 0 Å². The average molecular weight is 1110 g/mol. The van der Waals surface area contributed by atoms with Gasteiger partial charge in [-0.1, -0.05) is 155 Å². The monoisotopic (exact) mass is 1100 g/mol. The second-order valence-electron chi connectivity index (χ2n) is 21.3. The fourth-order valence-electron chi connectivity index (χ4n) is 11.5. The van der Waals surface area contributed by atoms with Crippen LogP contribution in [0.2, 0.25) is 0 Å². The Morgan fingerprint density at radius 3 is 1.43 bits per heavy atom. The van der Waals surface area contributed by atoms with Crippen LogP contribution in [0.1, 0.15) is 27.7 Å². The molecule has 0 unspecified atom stereocenters. The Morgan fingerprint density at radius 1 is 0.400 bits per heavy atom. The minimum absolute atomic E-state index is 0.355. The zero-order valence-corrected chi connectivity index (χ0v) is 45.8. The number of furan rings is 2. The molecule has 7 heterocycles. The largest absolute Gasteiger partial charge is 0.498 e. The van der Waals surface area contributed by atoms with Crippen LogP contribution in [0.25, 0.3) is 122 Å². The van der Waals surface area contributed by atoms with Crippen molar-refractivity contribution in [2.24, 2.45) is 0 Å². The topological polar surface area (TPSA) is 89.2 Å². The van der Waals surface area contributed by atoms with Gasteiger partial charge in [-0.15, -0.1) is 0 Å². The molecule has 80 heavy (non-hydrogen) atoms. The Kier molecular flexibility index (Phi) is 11.1. The van der Waals surface area contributed by atoms with Gasteiger partial charge in [0.15, 0.2) is 0 Å². The highest BCUT2D eigenvalue weighted by molar-refractivity contribution is 9.10. The van der Waals surface area contributed by atoms with Crippen molar-refractivity contribution >= 4 is 128 Å². The van der Waals surface area contributed by atoms with Crippen molar-refractivity contribution in [1.82, 2.24) is 27.9 Å². The normalized spacial score (nSPS) is 14.1. The van der Waals surface area contributed by atoms with Gasteiger partial charge in [-0.2, -0.15) is 0 Å². The van der Waals surface area contributed by atoms with Gasteiger partial charge in [0.25, 0.3) is 0 Å². The number of para-hydroxylation sites is 10. The Balaban J connectivity index is 0.000000108. The molecule has 0 bridgehead atoms. The van der Waals surface area contributed by atoms with E-state index in [0.717, 1.165) is 132 Å². The van der Waals surface area contributed by atoms with E-state index in [1.54, 1.807) is 0 Å². The summed E-state index contributed by atoms with van der Waals surface area (Å²) in [6.07, 6.45) is 0. The summed E-state index contributed by atoms with van der Waals surface area (Å²) in [5.74, 6) is 1.84. The summed E-state index contributed by atoms with van der Waals surface area (Å²) in [7, 11) is -0.408. The Hall–Kier alpha value is -9.20. The van der Waals surface area contributed by atoms with E-state index in [0.29, 0.717) is 0 Å². The van der Waals surface area contributed by atoms with Gasteiger partial charge >= 0.3 is 7.12 Å². The molecular formula is C68H50BBrN6O4. The summed E-state index contributed by atoms with van der Waals surface area (Å²) >= 11 is 3.57. The number of fused-ring (bicyclic) bond motifs is 16. The first kappa shape index (κ1) is 48.0. The molecule has 1 fully saturated rings. The summed E-state index contributed by atoms with van der Waals surface area (Å²) < 4.78 is 34.7. The van der Waals surface area contributed by atoms with Gasteiger partial charge in [0.2, 0.25) is 11.6 Å². The zero-order valence-electron chi connectivity index (χ0n) is 44.2. The van der Waals surface area contributed by atoms with Crippen LogP contribution in [-0.2, 0) is 9.31 Å². The minimum atomic E-state index is -0.408. The summed E-state index contributed by atoms with van der Waals surface area (Å²) in [4.78, 5) is 9.94. The molecule has 6 aromatic heterocycles. The third-order valence-electron chi connectivity index (χ3n) is 16.0. The molecule has 0 N–H and O–H groups in total. The maximum Gasteiger partial charge on any atom is 0.498 e. The molecule has 0 spiro atoms. The van der Waals surface area contributed by atoms with Crippen molar-refractivity contribution in [2.75, 3.05) is 0 Å². The molecule has 0 amide bonds. The average Bonchev–Trinajstić information content (AvgIpc) is 4.45. The lowest BCUT2D eigenvalue weighted by molar-refractivity contribution is 0.00578. The number of benzene rings is 10. The number of hydrogen-bond donors (Lipinski definition) is 0. The zero-order chi connectivity index (χ0) is 53.9. The van der Waals surface area contributed by atoms with Crippen molar-refractivity contribution < 1.29 is 18.1 Å². The van der Waals surface area contributed by atoms with E-state index in [4.69, 9.17) is 28.1 Å². The van der Waals surface area contributed by atoms with Crippen molar-refractivity contribution in [3.8, 4) is 22.5 Å². The van der Waals surface area contributed by atoms with Crippen LogP contribution in [0.3, 0.4) is 0 Å². The summed E-state index contributed by atoms with van der Waals surface area (Å²) in [5, 5.41) is 4.50. The first-order valence-electron chi connectivity index (χ1n) is 26.8. The lowest BCUT2D eigenvalue weighted by Crippen LogP contribution is -2.41. The lowest BCUT2D eigenvalue weighted by Gasteiger charge is -2.32. The number of aromatic nitrogens is 6. The number of hydrogen-bond acceptors (Lipinski definition) is 6. The number of halogens is 1. The van der Waals surface area contributed by atoms with Crippen LogP contribution in [0.15, 0.2) is 244 Å². The quantitative estimate of drug-likeness (QED) is 0.163. The van der Waals surface area contributed by atoms with Crippen LogP contribution in [-0.4, -0.2) is 46.2 Å². The molecule has 16 aromatic rings. The molecule has 1 saturated heterocycles. The van der Waals surface area contributed by atoms with Gasteiger partial charge in [-0.05, 0) is 124 Å². The molecule has 12 heteroatoms. The van der Waals surface area contributed by atoms with E-state index in [2.05, 4.69) is 231 Å².